The van der Waals surface area contributed by atoms with E-state index in [9.17, 15) is 13.2 Å². The smallest absolute Gasteiger partial charge is 0.248 e. The molecule has 118 valence electrons. The van der Waals surface area contributed by atoms with Crippen LogP contribution >= 0.6 is 0 Å². The fourth-order valence-corrected chi connectivity index (χ4v) is 2.94. The number of primary amides is 1. The minimum Gasteiger partial charge on any atom is -0.366 e. The second kappa shape index (κ2) is 7.02. The van der Waals surface area contributed by atoms with Crippen molar-refractivity contribution < 1.29 is 13.2 Å². The SMILES string of the molecule is CC(C)C(N)CCN(C)S(=O)(=O)c1ccc(C(N)=O)cc1. The number of carbonyl (C=O) groups is 1. The van der Waals surface area contributed by atoms with Crippen LogP contribution in [0.4, 0.5) is 0 Å². The zero-order valence-electron chi connectivity index (χ0n) is 12.6. The first-order chi connectivity index (χ1) is 9.66. The van der Waals surface area contributed by atoms with Gasteiger partial charge in [-0.15, -0.1) is 0 Å². The van der Waals surface area contributed by atoms with Crippen molar-refractivity contribution in [2.45, 2.75) is 31.2 Å². The topological polar surface area (TPSA) is 106 Å². The van der Waals surface area contributed by atoms with Crippen LogP contribution in [0.3, 0.4) is 0 Å². The number of sulfonamides is 1. The van der Waals surface area contributed by atoms with Gasteiger partial charge in [0.1, 0.15) is 0 Å². The molecule has 0 bridgehead atoms. The van der Waals surface area contributed by atoms with Gasteiger partial charge in [0.25, 0.3) is 0 Å². The minimum absolute atomic E-state index is 0.0418. The van der Waals surface area contributed by atoms with Gasteiger partial charge in [0, 0.05) is 25.2 Å². The number of benzene rings is 1. The van der Waals surface area contributed by atoms with E-state index in [1.165, 1.54) is 35.6 Å². The third-order valence-electron chi connectivity index (χ3n) is 3.48. The van der Waals surface area contributed by atoms with E-state index < -0.39 is 15.9 Å². The summed E-state index contributed by atoms with van der Waals surface area (Å²) in [6, 6.07) is 5.54. The van der Waals surface area contributed by atoms with Crippen molar-refractivity contribution >= 4 is 15.9 Å². The van der Waals surface area contributed by atoms with E-state index in [0.717, 1.165) is 0 Å². The Morgan fingerprint density at radius 1 is 1.24 bits per heavy atom. The van der Waals surface area contributed by atoms with Gasteiger partial charge in [-0.2, -0.15) is 0 Å². The van der Waals surface area contributed by atoms with Crippen LogP contribution in [0.1, 0.15) is 30.6 Å². The molecule has 0 aliphatic heterocycles. The third-order valence-corrected chi connectivity index (χ3v) is 5.35. The first-order valence-corrected chi connectivity index (χ1v) is 8.22. The lowest BCUT2D eigenvalue weighted by molar-refractivity contribution is 0.1000. The maximum Gasteiger partial charge on any atom is 0.248 e. The molecule has 1 aromatic rings. The summed E-state index contributed by atoms with van der Waals surface area (Å²) in [6.45, 7) is 4.35. The highest BCUT2D eigenvalue weighted by Gasteiger charge is 2.21. The lowest BCUT2D eigenvalue weighted by Gasteiger charge is -2.21. The van der Waals surface area contributed by atoms with Gasteiger partial charge in [-0.25, -0.2) is 12.7 Å². The molecule has 6 nitrogen and oxygen atoms in total. The van der Waals surface area contributed by atoms with E-state index in [-0.39, 0.29) is 16.5 Å². The maximum absolute atomic E-state index is 12.4. The molecule has 1 amide bonds. The molecule has 0 radical (unpaired) electrons. The summed E-state index contributed by atoms with van der Waals surface area (Å²) in [5.41, 5.74) is 11.3. The summed E-state index contributed by atoms with van der Waals surface area (Å²) in [6.07, 6.45) is 0.590. The number of amides is 1. The van der Waals surface area contributed by atoms with Crippen LogP contribution in [-0.2, 0) is 10.0 Å². The lowest BCUT2D eigenvalue weighted by atomic mass is 10.0. The van der Waals surface area contributed by atoms with Gasteiger partial charge in [0.2, 0.25) is 15.9 Å². The number of carbonyl (C=O) groups excluding carboxylic acids is 1. The molecule has 0 heterocycles. The van der Waals surface area contributed by atoms with E-state index in [1.54, 1.807) is 0 Å². The van der Waals surface area contributed by atoms with Gasteiger partial charge in [0.05, 0.1) is 4.90 Å². The zero-order chi connectivity index (χ0) is 16.2. The van der Waals surface area contributed by atoms with Gasteiger partial charge >= 0.3 is 0 Å². The summed E-state index contributed by atoms with van der Waals surface area (Å²) >= 11 is 0. The van der Waals surface area contributed by atoms with Crippen LogP contribution in [0.5, 0.6) is 0 Å². The maximum atomic E-state index is 12.4. The quantitative estimate of drug-likeness (QED) is 0.775. The lowest BCUT2D eigenvalue weighted by Crippen LogP contribution is -2.34. The van der Waals surface area contributed by atoms with Gasteiger partial charge < -0.3 is 11.5 Å². The average molecular weight is 313 g/mol. The summed E-state index contributed by atoms with van der Waals surface area (Å²) in [7, 11) is -2.06. The fourth-order valence-electron chi connectivity index (χ4n) is 1.76. The highest BCUT2D eigenvalue weighted by Crippen LogP contribution is 2.16. The predicted octanol–water partition coefficient (Wildman–Crippen LogP) is 0.779. The molecule has 7 heteroatoms. The van der Waals surface area contributed by atoms with Crippen LogP contribution < -0.4 is 11.5 Å². The molecule has 0 saturated heterocycles. The molecule has 0 spiro atoms. The standard InChI is InChI=1S/C14H23N3O3S/c1-10(2)13(15)8-9-17(3)21(19,20)12-6-4-11(5-7-12)14(16)18/h4-7,10,13H,8-9,15H2,1-3H3,(H2,16,18). The number of nitrogens with zero attached hydrogens (tertiary/aromatic N) is 1. The number of hydrogen-bond donors (Lipinski definition) is 2. The highest BCUT2D eigenvalue weighted by molar-refractivity contribution is 7.89. The first-order valence-electron chi connectivity index (χ1n) is 6.78. The Hall–Kier alpha value is -1.44. The third kappa shape index (κ3) is 4.52. The normalized spacial score (nSPS) is 13.6. The van der Waals surface area contributed by atoms with Crippen molar-refractivity contribution in [3.05, 3.63) is 29.8 Å². The molecular weight excluding hydrogens is 290 g/mol. The van der Waals surface area contributed by atoms with Gasteiger partial charge in [0.15, 0.2) is 0 Å². The Balaban J connectivity index is 2.82. The molecule has 1 atom stereocenters. The first kappa shape index (κ1) is 17.6. The number of hydrogen-bond acceptors (Lipinski definition) is 4. The summed E-state index contributed by atoms with van der Waals surface area (Å²) in [5.74, 6) is -0.286. The van der Waals surface area contributed by atoms with E-state index in [1.807, 2.05) is 13.8 Å². The average Bonchev–Trinajstić information content (AvgIpc) is 2.44. The molecule has 1 aromatic carbocycles. The van der Waals surface area contributed by atoms with Crippen LogP contribution in [0.2, 0.25) is 0 Å². The van der Waals surface area contributed by atoms with E-state index in [4.69, 9.17) is 11.5 Å². The zero-order valence-corrected chi connectivity index (χ0v) is 13.4. The minimum atomic E-state index is -3.58. The largest absolute Gasteiger partial charge is 0.366 e. The summed E-state index contributed by atoms with van der Waals surface area (Å²) in [5, 5.41) is 0. The second-order valence-corrected chi connectivity index (χ2v) is 7.46. The van der Waals surface area contributed by atoms with Crippen molar-refractivity contribution in [2.24, 2.45) is 17.4 Å². The van der Waals surface area contributed by atoms with Gasteiger partial charge in [-0.05, 0) is 36.6 Å². The number of nitrogens with two attached hydrogens (primary N) is 2. The Morgan fingerprint density at radius 2 is 1.76 bits per heavy atom. The van der Waals surface area contributed by atoms with Crippen LogP contribution in [0, 0.1) is 5.92 Å². The molecule has 0 saturated carbocycles. The highest BCUT2D eigenvalue weighted by atomic mass is 32.2. The molecule has 0 aromatic heterocycles. The van der Waals surface area contributed by atoms with E-state index in [0.29, 0.717) is 18.9 Å². The van der Waals surface area contributed by atoms with E-state index in [2.05, 4.69) is 0 Å². The van der Waals surface area contributed by atoms with Crippen molar-refractivity contribution in [3.63, 3.8) is 0 Å². The molecule has 1 unspecified atom stereocenters. The van der Waals surface area contributed by atoms with Gasteiger partial charge in [-0.1, -0.05) is 13.8 Å². The molecular formula is C14H23N3O3S. The van der Waals surface area contributed by atoms with Crippen molar-refractivity contribution in [1.29, 1.82) is 0 Å². The van der Waals surface area contributed by atoms with Crippen LogP contribution in [0.25, 0.3) is 0 Å². The second-order valence-electron chi connectivity index (χ2n) is 5.41. The fraction of sp³-hybridized carbons (Fsp3) is 0.500. The number of rotatable bonds is 7. The van der Waals surface area contributed by atoms with Crippen molar-refractivity contribution in [2.75, 3.05) is 13.6 Å². The molecule has 0 aliphatic carbocycles. The summed E-state index contributed by atoms with van der Waals surface area (Å²) < 4.78 is 26.0. The Kier molecular flexibility index (Phi) is 5.88. The van der Waals surface area contributed by atoms with Crippen molar-refractivity contribution in [3.8, 4) is 0 Å². The molecule has 21 heavy (non-hydrogen) atoms. The summed E-state index contributed by atoms with van der Waals surface area (Å²) in [4.78, 5) is 11.1. The molecule has 1 rings (SSSR count). The molecule has 0 fully saturated rings. The molecule has 4 N–H and O–H groups in total. The molecule has 0 aliphatic rings. The van der Waals surface area contributed by atoms with Crippen LogP contribution in [-0.4, -0.2) is 38.3 Å². The Bertz CT molecular complexity index is 582. The van der Waals surface area contributed by atoms with Crippen molar-refractivity contribution in [1.82, 2.24) is 4.31 Å². The Labute approximate surface area is 126 Å². The van der Waals surface area contributed by atoms with E-state index >= 15 is 0 Å². The predicted molar refractivity (Wildman–Crippen MR) is 82.2 cm³/mol. The Morgan fingerprint density at radius 3 is 2.19 bits per heavy atom. The van der Waals surface area contributed by atoms with Gasteiger partial charge in [-0.3, -0.25) is 4.79 Å². The van der Waals surface area contributed by atoms with Crippen LogP contribution in [0.15, 0.2) is 29.2 Å². The monoisotopic (exact) mass is 313 g/mol.